The third-order valence-corrected chi connectivity index (χ3v) is 1.41. The van der Waals surface area contributed by atoms with Crippen molar-refractivity contribution in [2.75, 3.05) is 6.61 Å². The largest absolute Gasteiger partial charge is 0.460 e. The molecule has 0 atom stereocenters. The maximum atomic E-state index is 12.4. The summed E-state index contributed by atoms with van der Waals surface area (Å²) < 4.78 is 112. The zero-order valence-corrected chi connectivity index (χ0v) is 8.02. The smallest absolute Gasteiger partial charge is 0.315 e. The Morgan fingerprint density at radius 1 is 0.882 bits per heavy atom. The summed E-state index contributed by atoms with van der Waals surface area (Å²) in [5.41, 5.74) is 0. The topological polar surface area (TPSA) is 9.23 Å². The minimum Gasteiger partial charge on any atom is -0.315 e. The van der Waals surface area contributed by atoms with Gasteiger partial charge in [-0.2, -0.15) is 35.1 Å². The van der Waals surface area contributed by atoms with E-state index >= 15 is 0 Å². The molecule has 10 heteroatoms. The quantitative estimate of drug-likeness (QED) is 0.706. The van der Waals surface area contributed by atoms with E-state index in [4.69, 9.17) is 0 Å². The second kappa shape index (κ2) is 4.75. The molecule has 0 fully saturated rings. The third-order valence-electron chi connectivity index (χ3n) is 1.41. The maximum absolute atomic E-state index is 12.4. The number of ether oxygens (including phenoxy) is 1. The van der Waals surface area contributed by atoms with Gasteiger partial charge in [-0.05, 0) is 6.92 Å². The first kappa shape index (κ1) is 16.1. The molecule has 0 rings (SSSR count). The first-order valence-corrected chi connectivity index (χ1v) is 3.90. The second-order valence-electron chi connectivity index (χ2n) is 2.65. The molecule has 0 spiro atoms. The highest BCUT2D eigenvalue weighted by Gasteiger charge is 2.64. The molecule has 0 N–H and O–H groups in total. The van der Waals surface area contributed by atoms with Gasteiger partial charge in [0.15, 0.2) is 0 Å². The van der Waals surface area contributed by atoms with Crippen molar-refractivity contribution in [1.29, 1.82) is 0 Å². The van der Waals surface area contributed by atoms with Crippen LogP contribution in [0.15, 0.2) is 11.7 Å². The lowest BCUT2D eigenvalue weighted by molar-refractivity contribution is -0.275. The number of hydrogen-bond donors (Lipinski definition) is 0. The van der Waals surface area contributed by atoms with Crippen LogP contribution in [0.4, 0.5) is 39.5 Å². The third kappa shape index (κ3) is 3.27. The first-order valence-electron chi connectivity index (χ1n) is 3.90. The molecule has 0 aliphatic rings. The molecule has 0 aromatic carbocycles. The summed E-state index contributed by atoms with van der Waals surface area (Å²) in [6, 6.07) is 0. The van der Waals surface area contributed by atoms with Crippen LogP contribution in [0.3, 0.4) is 0 Å². The van der Waals surface area contributed by atoms with Crippen molar-refractivity contribution in [3.8, 4) is 0 Å². The molecular formula is C7H5F9O. The summed E-state index contributed by atoms with van der Waals surface area (Å²) in [7, 11) is 0. The molecule has 0 heterocycles. The Hall–Kier alpha value is -0.930. The van der Waals surface area contributed by atoms with Crippen molar-refractivity contribution in [1.82, 2.24) is 0 Å². The van der Waals surface area contributed by atoms with Gasteiger partial charge in [-0.25, -0.2) is 4.39 Å². The molecule has 0 aromatic rings. The minimum absolute atomic E-state index is 0.876. The van der Waals surface area contributed by atoms with Gasteiger partial charge in [0.2, 0.25) is 11.7 Å². The van der Waals surface area contributed by atoms with Crippen LogP contribution >= 0.6 is 0 Å². The zero-order chi connectivity index (χ0) is 14.1. The number of allylic oxidation sites excluding steroid dienone is 1. The van der Waals surface area contributed by atoms with Crippen molar-refractivity contribution >= 4 is 0 Å². The summed E-state index contributed by atoms with van der Waals surface area (Å²) >= 11 is 0. The van der Waals surface area contributed by atoms with Crippen LogP contribution in [-0.2, 0) is 4.74 Å². The lowest BCUT2D eigenvalue weighted by Gasteiger charge is -2.20. The molecule has 17 heavy (non-hydrogen) atoms. The Balaban J connectivity index is 5.46. The van der Waals surface area contributed by atoms with Gasteiger partial charge in [0.1, 0.15) is 0 Å². The standard InChI is InChI=1S/C7H5F9O/c1-2-17-6(12,13)4(9)3(8)5(10,11)7(14,15)16/h2H2,1H3. The molecule has 1 nitrogen and oxygen atoms in total. The summed E-state index contributed by atoms with van der Waals surface area (Å²) in [5, 5.41) is 0. The van der Waals surface area contributed by atoms with Crippen LogP contribution < -0.4 is 0 Å². The predicted octanol–water partition coefficient (Wildman–Crippen LogP) is 3.96. The van der Waals surface area contributed by atoms with E-state index in [0.29, 0.717) is 0 Å². The minimum atomic E-state index is -6.53. The van der Waals surface area contributed by atoms with Gasteiger partial charge in [0.25, 0.3) is 0 Å². The average Bonchev–Trinajstić information content (AvgIpc) is 2.13. The number of halogens is 9. The maximum Gasteiger partial charge on any atom is 0.460 e. The van der Waals surface area contributed by atoms with Crippen molar-refractivity contribution in [2.45, 2.75) is 25.1 Å². The van der Waals surface area contributed by atoms with Crippen molar-refractivity contribution in [3.63, 3.8) is 0 Å². The highest BCUT2D eigenvalue weighted by Crippen LogP contribution is 2.45. The first-order chi connectivity index (χ1) is 7.38. The van der Waals surface area contributed by atoms with Crippen molar-refractivity contribution in [3.05, 3.63) is 11.7 Å². The Bertz CT molecular complexity index is 303. The van der Waals surface area contributed by atoms with Crippen LogP contribution in [0, 0.1) is 0 Å². The Morgan fingerprint density at radius 2 is 1.29 bits per heavy atom. The molecule has 0 amide bonds. The second-order valence-corrected chi connectivity index (χ2v) is 2.65. The van der Waals surface area contributed by atoms with Crippen LogP contribution in [0.5, 0.6) is 0 Å². The fraction of sp³-hybridized carbons (Fsp3) is 0.714. The number of alkyl halides is 7. The molecule has 0 radical (unpaired) electrons. The van der Waals surface area contributed by atoms with Crippen LogP contribution in [0.2, 0.25) is 0 Å². The summed E-state index contributed by atoms with van der Waals surface area (Å²) in [5.74, 6) is -13.9. The Labute approximate surface area is 88.8 Å². The monoisotopic (exact) mass is 276 g/mol. The van der Waals surface area contributed by atoms with E-state index < -0.39 is 36.5 Å². The van der Waals surface area contributed by atoms with Crippen LogP contribution in [0.25, 0.3) is 0 Å². The highest BCUT2D eigenvalue weighted by atomic mass is 19.4. The van der Waals surface area contributed by atoms with Crippen molar-refractivity contribution in [2.24, 2.45) is 0 Å². The molecule has 0 bridgehead atoms. The Kier molecular flexibility index (Phi) is 4.49. The van der Waals surface area contributed by atoms with Gasteiger partial charge in [0, 0.05) is 0 Å². The molecule has 0 unspecified atom stereocenters. The SMILES string of the molecule is CCOC(F)(F)C(F)=C(F)C(F)(F)C(F)(F)F. The van der Waals surface area contributed by atoms with Crippen LogP contribution in [0.1, 0.15) is 6.92 Å². The van der Waals surface area contributed by atoms with E-state index in [0.717, 1.165) is 6.92 Å². The fourth-order valence-corrected chi connectivity index (χ4v) is 0.635. The summed E-state index contributed by atoms with van der Waals surface area (Å²) in [6.45, 7) is -0.0493. The van der Waals surface area contributed by atoms with E-state index in [2.05, 4.69) is 4.74 Å². The summed E-state index contributed by atoms with van der Waals surface area (Å²) in [4.78, 5) is 0. The van der Waals surface area contributed by atoms with Gasteiger partial charge < -0.3 is 4.74 Å². The number of rotatable bonds is 4. The van der Waals surface area contributed by atoms with Crippen molar-refractivity contribution < 1.29 is 44.3 Å². The van der Waals surface area contributed by atoms with E-state index in [9.17, 15) is 39.5 Å². The predicted molar refractivity (Wildman–Crippen MR) is 36.8 cm³/mol. The summed E-state index contributed by atoms with van der Waals surface area (Å²) in [6.07, 6.45) is -11.7. The molecule has 102 valence electrons. The van der Waals surface area contributed by atoms with E-state index in [1.54, 1.807) is 0 Å². The lowest BCUT2D eigenvalue weighted by atomic mass is 10.2. The Morgan fingerprint density at radius 3 is 1.59 bits per heavy atom. The molecular weight excluding hydrogens is 271 g/mol. The molecule has 0 aliphatic heterocycles. The average molecular weight is 276 g/mol. The van der Waals surface area contributed by atoms with Gasteiger partial charge in [-0.15, -0.1) is 0 Å². The number of hydrogen-bond acceptors (Lipinski definition) is 1. The van der Waals surface area contributed by atoms with Gasteiger partial charge >= 0.3 is 18.2 Å². The highest BCUT2D eigenvalue weighted by molar-refractivity contribution is 5.16. The fourth-order valence-electron chi connectivity index (χ4n) is 0.635. The van der Waals surface area contributed by atoms with Gasteiger partial charge in [-0.1, -0.05) is 0 Å². The van der Waals surface area contributed by atoms with Gasteiger partial charge in [0.05, 0.1) is 6.61 Å². The normalized spacial score (nSPS) is 15.9. The van der Waals surface area contributed by atoms with E-state index in [1.165, 1.54) is 0 Å². The lowest BCUT2D eigenvalue weighted by Crippen LogP contribution is -2.39. The zero-order valence-electron chi connectivity index (χ0n) is 8.02. The molecule has 0 saturated heterocycles. The molecule has 0 saturated carbocycles. The van der Waals surface area contributed by atoms with Crippen LogP contribution in [-0.4, -0.2) is 24.8 Å². The molecule has 0 aromatic heterocycles. The van der Waals surface area contributed by atoms with E-state index in [1.807, 2.05) is 0 Å². The van der Waals surface area contributed by atoms with E-state index in [-0.39, 0.29) is 0 Å². The van der Waals surface area contributed by atoms with Gasteiger partial charge in [-0.3, -0.25) is 0 Å². The molecule has 0 aliphatic carbocycles.